The average Bonchev–Trinajstić information content (AvgIpc) is 2.89. The van der Waals surface area contributed by atoms with Crippen LogP contribution in [0.3, 0.4) is 0 Å². The molecule has 0 spiro atoms. The molecule has 0 heterocycles. The molecule has 0 aliphatic carbocycles. The van der Waals surface area contributed by atoms with Crippen molar-refractivity contribution < 1.29 is 18.0 Å². The van der Waals surface area contributed by atoms with Gasteiger partial charge in [-0.1, -0.05) is 80.0 Å². The highest BCUT2D eigenvalue weighted by Crippen LogP contribution is 2.23. The molecular formula is C29H34ClN3O4S. The van der Waals surface area contributed by atoms with Crippen molar-refractivity contribution in [3.8, 4) is 0 Å². The predicted molar refractivity (Wildman–Crippen MR) is 153 cm³/mol. The van der Waals surface area contributed by atoms with E-state index >= 15 is 0 Å². The minimum Gasteiger partial charge on any atom is -0.357 e. The molecule has 0 aromatic heterocycles. The first kappa shape index (κ1) is 29.2. The molecule has 0 saturated carbocycles. The zero-order chi connectivity index (χ0) is 27.9. The lowest BCUT2D eigenvalue weighted by Crippen LogP contribution is -2.52. The molecule has 0 aliphatic heterocycles. The Hall–Kier alpha value is -3.36. The van der Waals surface area contributed by atoms with Gasteiger partial charge in [0.25, 0.3) is 0 Å². The summed E-state index contributed by atoms with van der Waals surface area (Å²) in [6, 6.07) is 22.6. The first-order valence-corrected chi connectivity index (χ1v) is 14.6. The number of hydrogen-bond acceptors (Lipinski definition) is 4. The van der Waals surface area contributed by atoms with Crippen molar-refractivity contribution in [1.29, 1.82) is 0 Å². The zero-order valence-corrected chi connectivity index (χ0v) is 23.7. The van der Waals surface area contributed by atoms with Gasteiger partial charge in [-0.3, -0.25) is 13.9 Å². The first-order valence-electron chi connectivity index (χ1n) is 12.4. The summed E-state index contributed by atoms with van der Waals surface area (Å²) in [5, 5.41) is 3.21. The predicted octanol–water partition coefficient (Wildman–Crippen LogP) is 4.62. The van der Waals surface area contributed by atoms with Gasteiger partial charge < -0.3 is 10.2 Å². The number of anilines is 1. The fraction of sp³-hybridized carbons (Fsp3) is 0.310. The number of rotatable bonds is 11. The number of amides is 2. The van der Waals surface area contributed by atoms with Gasteiger partial charge in [-0.25, -0.2) is 8.42 Å². The van der Waals surface area contributed by atoms with Crippen LogP contribution in [0.15, 0.2) is 78.9 Å². The Morgan fingerprint density at radius 3 is 2.03 bits per heavy atom. The maximum atomic E-state index is 13.9. The third kappa shape index (κ3) is 7.82. The van der Waals surface area contributed by atoms with E-state index in [2.05, 4.69) is 5.32 Å². The molecule has 0 fully saturated rings. The molecule has 2 amide bonds. The van der Waals surface area contributed by atoms with Gasteiger partial charge >= 0.3 is 0 Å². The number of nitrogens with zero attached hydrogens (tertiary/aromatic N) is 2. The van der Waals surface area contributed by atoms with E-state index in [4.69, 9.17) is 11.6 Å². The molecule has 1 atom stereocenters. The quantitative estimate of drug-likeness (QED) is 0.374. The summed E-state index contributed by atoms with van der Waals surface area (Å²) in [5.74, 6) is -0.565. The lowest BCUT2D eigenvalue weighted by atomic mass is 10.0. The summed E-state index contributed by atoms with van der Waals surface area (Å²) in [5.41, 5.74) is 3.08. The van der Waals surface area contributed by atoms with E-state index in [9.17, 15) is 18.0 Å². The normalized spacial score (nSPS) is 12.2. The van der Waals surface area contributed by atoms with Crippen molar-refractivity contribution in [2.45, 2.75) is 38.8 Å². The molecule has 9 heteroatoms. The van der Waals surface area contributed by atoms with Gasteiger partial charge in [0.1, 0.15) is 12.6 Å². The van der Waals surface area contributed by atoms with Crippen LogP contribution in [-0.2, 0) is 32.6 Å². The van der Waals surface area contributed by atoms with Crippen LogP contribution in [-0.4, -0.2) is 51.0 Å². The molecule has 3 aromatic carbocycles. The van der Waals surface area contributed by atoms with E-state index in [-0.39, 0.29) is 24.8 Å². The summed E-state index contributed by atoms with van der Waals surface area (Å²) in [6.45, 7) is 3.75. The molecule has 202 valence electrons. The summed E-state index contributed by atoms with van der Waals surface area (Å²) < 4.78 is 26.7. The number of carbonyl (C=O) groups is 2. The number of hydrogen-bond donors (Lipinski definition) is 1. The van der Waals surface area contributed by atoms with Crippen molar-refractivity contribution in [3.05, 3.63) is 101 Å². The monoisotopic (exact) mass is 555 g/mol. The van der Waals surface area contributed by atoms with Crippen LogP contribution in [0.1, 0.15) is 36.5 Å². The van der Waals surface area contributed by atoms with Crippen LogP contribution in [0.5, 0.6) is 0 Å². The Kier molecular flexibility index (Phi) is 9.94. The number of halogens is 1. The Morgan fingerprint density at radius 2 is 1.50 bits per heavy atom. The van der Waals surface area contributed by atoms with Gasteiger partial charge in [0.2, 0.25) is 21.8 Å². The average molecular weight is 556 g/mol. The third-order valence-corrected chi connectivity index (χ3v) is 7.70. The highest BCUT2D eigenvalue weighted by atomic mass is 35.5. The van der Waals surface area contributed by atoms with Crippen LogP contribution in [0.25, 0.3) is 0 Å². The summed E-state index contributed by atoms with van der Waals surface area (Å²) in [7, 11) is -2.28. The maximum absolute atomic E-state index is 13.9. The molecule has 0 saturated heterocycles. The van der Waals surface area contributed by atoms with Gasteiger partial charge in [0, 0.05) is 25.0 Å². The van der Waals surface area contributed by atoms with E-state index < -0.39 is 28.5 Å². The second-order valence-corrected chi connectivity index (χ2v) is 11.8. The number of benzene rings is 3. The Balaban J connectivity index is 2.00. The second-order valence-electron chi connectivity index (χ2n) is 9.48. The minimum atomic E-state index is -3.80. The van der Waals surface area contributed by atoms with E-state index in [1.54, 1.807) is 36.4 Å². The second kappa shape index (κ2) is 12.9. The fourth-order valence-corrected chi connectivity index (χ4v) is 5.12. The maximum Gasteiger partial charge on any atom is 0.244 e. The summed E-state index contributed by atoms with van der Waals surface area (Å²) >= 11 is 6.05. The van der Waals surface area contributed by atoms with Crippen LogP contribution in [0, 0.1) is 0 Å². The van der Waals surface area contributed by atoms with E-state index in [1.807, 2.05) is 56.3 Å². The van der Waals surface area contributed by atoms with Gasteiger partial charge in [-0.05, 0) is 46.9 Å². The molecule has 0 aliphatic rings. The van der Waals surface area contributed by atoms with Gasteiger partial charge in [-0.2, -0.15) is 0 Å². The number of carbonyl (C=O) groups excluding carboxylic acids is 2. The van der Waals surface area contributed by atoms with E-state index in [0.29, 0.717) is 10.7 Å². The molecule has 0 radical (unpaired) electrons. The van der Waals surface area contributed by atoms with Crippen molar-refractivity contribution in [2.24, 2.45) is 0 Å². The Bertz CT molecular complexity index is 1330. The van der Waals surface area contributed by atoms with Crippen molar-refractivity contribution >= 4 is 39.1 Å². The lowest BCUT2D eigenvalue weighted by molar-refractivity contribution is -0.139. The third-order valence-electron chi connectivity index (χ3n) is 6.31. The standard InChI is InChI=1S/C29H34ClN3O4S/c1-21(2)24-12-16-26(17-13-24)33(38(4,36)37)20-28(34)32(19-23-10-14-25(30)15-11-23)27(29(35)31-3)18-22-8-6-5-7-9-22/h5-17,21,27H,18-20H2,1-4H3,(H,31,35)/t27-/m1/s1. The van der Waals surface area contributed by atoms with Crippen molar-refractivity contribution in [3.63, 3.8) is 0 Å². The van der Waals surface area contributed by atoms with Crippen molar-refractivity contribution in [1.82, 2.24) is 10.2 Å². The molecular weight excluding hydrogens is 522 g/mol. The fourth-order valence-electron chi connectivity index (χ4n) is 4.15. The van der Waals surface area contributed by atoms with Crippen LogP contribution < -0.4 is 9.62 Å². The molecule has 3 rings (SSSR count). The number of likely N-dealkylation sites (N-methyl/N-ethyl adjacent to an activating group) is 1. The van der Waals surface area contributed by atoms with E-state index in [0.717, 1.165) is 27.3 Å². The van der Waals surface area contributed by atoms with Crippen molar-refractivity contribution in [2.75, 3.05) is 24.2 Å². The van der Waals surface area contributed by atoms with Gasteiger partial charge in [-0.15, -0.1) is 0 Å². The summed E-state index contributed by atoms with van der Waals surface area (Å²) in [4.78, 5) is 28.4. The largest absolute Gasteiger partial charge is 0.357 e. The minimum absolute atomic E-state index is 0.102. The molecule has 0 bridgehead atoms. The smallest absolute Gasteiger partial charge is 0.244 e. The van der Waals surface area contributed by atoms with Crippen LogP contribution >= 0.6 is 11.6 Å². The summed E-state index contributed by atoms with van der Waals surface area (Å²) in [6.07, 6.45) is 1.34. The molecule has 1 N–H and O–H groups in total. The lowest BCUT2D eigenvalue weighted by Gasteiger charge is -2.33. The van der Waals surface area contributed by atoms with Crippen LogP contribution in [0.4, 0.5) is 5.69 Å². The molecule has 0 unspecified atom stereocenters. The molecule has 3 aromatic rings. The first-order chi connectivity index (χ1) is 18.0. The highest BCUT2D eigenvalue weighted by molar-refractivity contribution is 7.92. The molecule has 7 nitrogen and oxygen atoms in total. The van der Waals surface area contributed by atoms with Crippen LogP contribution in [0.2, 0.25) is 5.02 Å². The topological polar surface area (TPSA) is 86.8 Å². The van der Waals surface area contributed by atoms with E-state index in [1.165, 1.54) is 11.9 Å². The SMILES string of the molecule is CNC(=O)[C@@H](Cc1ccccc1)N(Cc1ccc(Cl)cc1)C(=O)CN(c1ccc(C(C)C)cc1)S(C)(=O)=O. The Labute approximate surface area is 230 Å². The number of nitrogens with one attached hydrogen (secondary N) is 1. The van der Waals surface area contributed by atoms with Gasteiger partial charge in [0.15, 0.2) is 0 Å². The molecule has 38 heavy (non-hydrogen) atoms. The highest BCUT2D eigenvalue weighted by Gasteiger charge is 2.32. The Morgan fingerprint density at radius 1 is 0.895 bits per heavy atom. The number of sulfonamides is 1. The zero-order valence-electron chi connectivity index (χ0n) is 22.1. The van der Waals surface area contributed by atoms with Gasteiger partial charge in [0.05, 0.1) is 11.9 Å².